The van der Waals surface area contributed by atoms with Gasteiger partial charge in [-0.25, -0.2) is 19.3 Å². The maximum atomic E-state index is 4.65. The van der Waals surface area contributed by atoms with Gasteiger partial charge in [0.25, 0.3) is 0 Å². The number of hydrogen-bond acceptors (Lipinski definition) is 6. The predicted octanol–water partition coefficient (Wildman–Crippen LogP) is 1.50. The molecule has 0 atom stereocenters. The largest absolute Gasteiger partial charge is 0.265 e. The van der Waals surface area contributed by atoms with Gasteiger partial charge in [-0.05, 0) is 24.3 Å². The third-order valence-electron chi connectivity index (χ3n) is 3.28. The van der Waals surface area contributed by atoms with Crippen LogP contribution in [0.3, 0.4) is 0 Å². The zero-order valence-electron chi connectivity index (χ0n) is 12.1. The summed E-state index contributed by atoms with van der Waals surface area (Å²) in [4.78, 5) is 16.8. The third kappa shape index (κ3) is 2.69. The van der Waals surface area contributed by atoms with E-state index < -0.39 is 0 Å². The summed E-state index contributed by atoms with van der Waals surface area (Å²) in [5.41, 5.74) is 1.79. The van der Waals surface area contributed by atoms with Crippen molar-refractivity contribution in [2.75, 3.05) is 0 Å². The van der Waals surface area contributed by atoms with E-state index in [0.29, 0.717) is 12.5 Å². The van der Waals surface area contributed by atoms with Gasteiger partial charge in [-0.1, -0.05) is 0 Å². The van der Waals surface area contributed by atoms with Gasteiger partial charge >= 0.3 is 0 Å². The standard InChI is InChI=1S/C15H12N8/c1-2-13(8-17-5-1)15-20-14(12-3-6-16-7-4-12)21-23(15)11-22-10-18-9-19-22/h1-10H,11H2. The first-order chi connectivity index (χ1) is 11.4. The lowest BCUT2D eigenvalue weighted by atomic mass is 10.2. The molecule has 0 fully saturated rings. The van der Waals surface area contributed by atoms with Crippen LogP contribution in [-0.4, -0.2) is 39.5 Å². The average molecular weight is 304 g/mol. The molecule has 0 bridgehead atoms. The van der Waals surface area contributed by atoms with E-state index in [2.05, 4.69) is 30.1 Å². The first-order valence-corrected chi connectivity index (χ1v) is 6.98. The van der Waals surface area contributed by atoms with Crippen molar-refractivity contribution in [2.45, 2.75) is 6.67 Å². The number of pyridine rings is 2. The summed E-state index contributed by atoms with van der Waals surface area (Å²) >= 11 is 0. The minimum atomic E-state index is 0.419. The van der Waals surface area contributed by atoms with Crippen LogP contribution in [-0.2, 0) is 6.67 Å². The molecule has 0 N–H and O–H groups in total. The molecule has 0 amide bonds. The second-order valence-electron chi connectivity index (χ2n) is 4.81. The molecule has 4 heterocycles. The summed E-state index contributed by atoms with van der Waals surface area (Å²) in [6.45, 7) is 0.419. The second kappa shape index (κ2) is 5.76. The monoisotopic (exact) mass is 304 g/mol. The molecule has 0 saturated heterocycles. The van der Waals surface area contributed by atoms with Gasteiger partial charge in [-0.15, -0.1) is 5.10 Å². The van der Waals surface area contributed by atoms with Gasteiger partial charge in [-0.2, -0.15) is 5.10 Å². The smallest absolute Gasteiger partial charge is 0.181 e. The molecule has 0 radical (unpaired) electrons. The summed E-state index contributed by atoms with van der Waals surface area (Å²) in [7, 11) is 0. The third-order valence-corrected chi connectivity index (χ3v) is 3.28. The SMILES string of the molecule is c1cncc(-c2nc(-c3ccncc3)nn2Cn2cncn2)c1. The molecule has 0 aliphatic rings. The van der Waals surface area contributed by atoms with Crippen LogP contribution in [0.1, 0.15) is 0 Å². The van der Waals surface area contributed by atoms with Crippen molar-refractivity contribution < 1.29 is 0 Å². The van der Waals surface area contributed by atoms with E-state index in [4.69, 9.17) is 0 Å². The van der Waals surface area contributed by atoms with E-state index in [1.54, 1.807) is 40.5 Å². The predicted molar refractivity (Wildman–Crippen MR) is 81.9 cm³/mol. The summed E-state index contributed by atoms with van der Waals surface area (Å²) in [6.07, 6.45) is 10.1. The van der Waals surface area contributed by atoms with Crippen molar-refractivity contribution in [3.05, 3.63) is 61.7 Å². The normalized spacial score (nSPS) is 10.8. The fourth-order valence-electron chi connectivity index (χ4n) is 2.22. The van der Waals surface area contributed by atoms with Gasteiger partial charge in [0.15, 0.2) is 11.6 Å². The number of rotatable bonds is 4. The maximum absolute atomic E-state index is 4.65. The van der Waals surface area contributed by atoms with E-state index in [1.165, 1.54) is 6.33 Å². The molecule has 4 aromatic rings. The van der Waals surface area contributed by atoms with Crippen LogP contribution in [0.2, 0.25) is 0 Å². The van der Waals surface area contributed by atoms with E-state index in [0.717, 1.165) is 17.0 Å². The first-order valence-electron chi connectivity index (χ1n) is 6.98. The van der Waals surface area contributed by atoms with E-state index in [9.17, 15) is 0 Å². The van der Waals surface area contributed by atoms with Gasteiger partial charge < -0.3 is 0 Å². The zero-order chi connectivity index (χ0) is 15.5. The van der Waals surface area contributed by atoms with E-state index >= 15 is 0 Å². The molecular formula is C15H12N8. The minimum Gasteiger partial charge on any atom is -0.265 e. The molecule has 8 heteroatoms. The quantitative estimate of drug-likeness (QED) is 0.568. The zero-order valence-corrected chi connectivity index (χ0v) is 12.1. The van der Waals surface area contributed by atoms with E-state index in [-0.39, 0.29) is 0 Å². The Bertz CT molecular complexity index is 884. The lowest BCUT2D eigenvalue weighted by Crippen LogP contribution is -2.11. The summed E-state index contributed by atoms with van der Waals surface area (Å²) in [6, 6.07) is 7.57. The highest BCUT2D eigenvalue weighted by Crippen LogP contribution is 2.21. The Hall–Kier alpha value is -3.42. The molecule has 4 rings (SSSR count). The van der Waals surface area contributed by atoms with Crippen LogP contribution in [0.4, 0.5) is 0 Å². The van der Waals surface area contributed by atoms with Crippen LogP contribution in [0.15, 0.2) is 61.7 Å². The fourth-order valence-corrected chi connectivity index (χ4v) is 2.22. The number of hydrogen-bond donors (Lipinski definition) is 0. The Labute approximate surface area is 131 Å². The minimum absolute atomic E-state index is 0.419. The average Bonchev–Trinajstić information content (AvgIpc) is 3.27. The molecule has 112 valence electrons. The first kappa shape index (κ1) is 13.3. The van der Waals surface area contributed by atoms with Gasteiger partial charge in [0.05, 0.1) is 0 Å². The van der Waals surface area contributed by atoms with Crippen LogP contribution in [0, 0.1) is 0 Å². The highest BCUT2D eigenvalue weighted by Gasteiger charge is 2.14. The van der Waals surface area contributed by atoms with Crippen molar-refractivity contribution >= 4 is 0 Å². The highest BCUT2D eigenvalue weighted by atomic mass is 15.5. The van der Waals surface area contributed by atoms with Crippen LogP contribution >= 0.6 is 0 Å². The molecular weight excluding hydrogens is 292 g/mol. The van der Waals surface area contributed by atoms with Gasteiger partial charge in [0, 0.05) is 35.9 Å². The summed E-state index contributed by atoms with van der Waals surface area (Å²) in [5, 5.41) is 8.71. The van der Waals surface area contributed by atoms with Crippen molar-refractivity contribution in [3.8, 4) is 22.8 Å². The summed E-state index contributed by atoms with van der Waals surface area (Å²) in [5.74, 6) is 1.35. The van der Waals surface area contributed by atoms with Crippen LogP contribution in [0.5, 0.6) is 0 Å². The molecule has 0 aromatic carbocycles. The molecule has 0 saturated carbocycles. The Morgan fingerprint density at radius 1 is 0.913 bits per heavy atom. The molecule has 4 aromatic heterocycles. The topological polar surface area (TPSA) is 87.2 Å². The van der Waals surface area contributed by atoms with Crippen molar-refractivity contribution in [3.63, 3.8) is 0 Å². The Balaban J connectivity index is 1.80. The van der Waals surface area contributed by atoms with E-state index in [1.807, 2.05) is 24.3 Å². The Kier molecular flexibility index (Phi) is 3.32. The maximum Gasteiger partial charge on any atom is 0.181 e. The second-order valence-corrected chi connectivity index (χ2v) is 4.81. The molecule has 0 aliphatic heterocycles. The van der Waals surface area contributed by atoms with Crippen molar-refractivity contribution in [2.24, 2.45) is 0 Å². The lowest BCUT2D eigenvalue weighted by Gasteiger charge is -2.04. The molecule has 0 spiro atoms. The number of aromatic nitrogens is 8. The molecule has 23 heavy (non-hydrogen) atoms. The highest BCUT2D eigenvalue weighted by molar-refractivity contribution is 5.60. The van der Waals surface area contributed by atoms with Gasteiger partial charge in [0.2, 0.25) is 0 Å². The van der Waals surface area contributed by atoms with Crippen molar-refractivity contribution in [1.82, 2.24) is 39.5 Å². The fraction of sp³-hybridized carbons (Fsp3) is 0.0667. The van der Waals surface area contributed by atoms with Gasteiger partial charge in [0.1, 0.15) is 19.3 Å². The molecule has 8 nitrogen and oxygen atoms in total. The lowest BCUT2D eigenvalue weighted by molar-refractivity contribution is 0.506. The van der Waals surface area contributed by atoms with Gasteiger partial charge in [-0.3, -0.25) is 9.97 Å². The van der Waals surface area contributed by atoms with Crippen LogP contribution in [0.25, 0.3) is 22.8 Å². The Morgan fingerprint density at radius 2 is 1.83 bits per heavy atom. The number of nitrogens with zero attached hydrogens (tertiary/aromatic N) is 8. The van der Waals surface area contributed by atoms with Crippen molar-refractivity contribution in [1.29, 1.82) is 0 Å². The Morgan fingerprint density at radius 3 is 2.57 bits per heavy atom. The molecule has 0 unspecified atom stereocenters. The summed E-state index contributed by atoms with van der Waals surface area (Å²) < 4.78 is 3.46. The molecule has 0 aliphatic carbocycles. The van der Waals surface area contributed by atoms with Crippen LogP contribution < -0.4 is 0 Å².